The second kappa shape index (κ2) is 47.3. The summed E-state index contributed by atoms with van der Waals surface area (Å²) in [6.07, 6.45) is 55.2. The molecule has 0 aliphatic heterocycles. The number of aliphatic carboxylic acids is 1. The van der Waals surface area contributed by atoms with Crippen LogP contribution in [0.1, 0.15) is 264 Å². The van der Waals surface area contributed by atoms with Crippen LogP contribution in [0.2, 0.25) is 0 Å². The number of quaternary nitrogens is 1. The maximum Gasteiger partial charge on any atom is 0.362 e. The Morgan fingerprint density at radius 1 is 0.469 bits per heavy atom. The molecule has 2 atom stereocenters. The Hall–Kier alpha value is -2.19. The standard InChI is InChI=1S/C56H105NO7/c1-6-8-10-12-14-16-18-20-22-24-25-26-27-28-29-31-33-35-37-39-41-43-45-47-55(59)64-52(50-62-49-48-53(56(60)61)57(3,4)5)51-63-54(58)46-44-42-40-38-36-34-32-30-23-21-19-17-15-13-11-9-7-2/h15,17,21,23,52-53H,6-14,16,18-20,22,24-51H2,1-5H3/p+1/b17-15+,23-21+. The second-order valence-electron chi connectivity index (χ2n) is 19.8. The molecule has 0 aromatic heterocycles. The molecule has 0 spiro atoms. The zero-order chi connectivity index (χ0) is 47.0. The zero-order valence-corrected chi connectivity index (χ0v) is 43.0. The number of carbonyl (C=O) groups excluding carboxylic acids is 2. The van der Waals surface area contributed by atoms with Gasteiger partial charge in [-0.15, -0.1) is 0 Å². The molecule has 2 unspecified atom stereocenters. The predicted octanol–water partition coefficient (Wildman–Crippen LogP) is 16.0. The van der Waals surface area contributed by atoms with Crippen molar-refractivity contribution in [3.8, 4) is 0 Å². The molecule has 8 nitrogen and oxygen atoms in total. The van der Waals surface area contributed by atoms with Crippen LogP contribution in [0.5, 0.6) is 0 Å². The quantitative estimate of drug-likeness (QED) is 0.0281. The van der Waals surface area contributed by atoms with Crippen LogP contribution in [-0.2, 0) is 28.6 Å². The number of nitrogens with zero attached hydrogens (tertiary/aromatic N) is 1. The van der Waals surface area contributed by atoms with Gasteiger partial charge in [0, 0.05) is 19.3 Å². The smallest absolute Gasteiger partial charge is 0.362 e. The molecule has 0 saturated carbocycles. The number of hydrogen-bond acceptors (Lipinski definition) is 6. The number of rotatable bonds is 50. The van der Waals surface area contributed by atoms with Gasteiger partial charge < -0.3 is 23.8 Å². The van der Waals surface area contributed by atoms with Crippen molar-refractivity contribution in [3.05, 3.63) is 24.3 Å². The fourth-order valence-electron chi connectivity index (χ4n) is 8.36. The Morgan fingerprint density at radius 3 is 1.23 bits per heavy atom. The highest BCUT2D eigenvalue weighted by Gasteiger charge is 2.31. The van der Waals surface area contributed by atoms with Crippen molar-refractivity contribution in [2.75, 3.05) is 41.0 Å². The van der Waals surface area contributed by atoms with Crippen LogP contribution >= 0.6 is 0 Å². The van der Waals surface area contributed by atoms with Gasteiger partial charge in [-0.1, -0.05) is 224 Å². The minimum absolute atomic E-state index is 0.0502. The molecule has 0 radical (unpaired) electrons. The van der Waals surface area contributed by atoms with Crippen LogP contribution in [0.15, 0.2) is 24.3 Å². The summed E-state index contributed by atoms with van der Waals surface area (Å²) in [7, 11) is 5.55. The Balaban J connectivity index is 4.16. The number of likely N-dealkylation sites (N-methyl/N-ethyl adjacent to an activating group) is 1. The van der Waals surface area contributed by atoms with Gasteiger partial charge in [-0.25, -0.2) is 4.79 Å². The van der Waals surface area contributed by atoms with Gasteiger partial charge in [0.2, 0.25) is 0 Å². The van der Waals surface area contributed by atoms with E-state index in [-0.39, 0.29) is 36.2 Å². The number of carbonyl (C=O) groups is 3. The first-order chi connectivity index (χ1) is 31.1. The summed E-state index contributed by atoms with van der Waals surface area (Å²) in [6.45, 7) is 4.75. The Labute approximate surface area is 396 Å². The Kier molecular flexibility index (Phi) is 45.7. The Bertz CT molecular complexity index is 1100. The largest absolute Gasteiger partial charge is 0.477 e. The van der Waals surface area contributed by atoms with Crippen LogP contribution < -0.4 is 0 Å². The van der Waals surface area contributed by atoms with Crippen molar-refractivity contribution in [3.63, 3.8) is 0 Å². The van der Waals surface area contributed by atoms with E-state index in [4.69, 9.17) is 14.2 Å². The number of unbranched alkanes of at least 4 members (excludes halogenated alkanes) is 32. The summed E-state index contributed by atoms with van der Waals surface area (Å²) >= 11 is 0. The molecular weight excluding hydrogens is 799 g/mol. The van der Waals surface area contributed by atoms with Crippen molar-refractivity contribution in [1.82, 2.24) is 0 Å². The molecule has 0 heterocycles. The fourth-order valence-corrected chi connectivity index (χ4v) is 8.36. The molecule has 0 aromatic carbocycles. The van der Waals surface area contributed by atoms with Gasteiger partial charge in [0.25, 0.3) is 0 Å². The molecule has 64 heavy (non-hydrogen) atoms. The first-order valence-electron chi connectivity index (χ1n) is 27.4. The topological polar surface area (TPSA) is 99.1 Å². The molecule has 0 rings (SSSR count). The van der Waals surface area contributed by atoms with Crippen LogP contribution in [0, 0.1) is 0 Å². The molecule has 0 aliphatic carbocycles. The molecule has 0 amide bonds. The summed E-state index contributed by atoms with van der Waals surface area (Å²) in [5.74, 6) is -1.46. The molecule has 1 N–H and O–H groups in total. The molecule has 8 heteroatoms. The number of carboxylic acid groups (broad SMARTS) is 1. The highest BCUT2D eigenvalue weighted by Crippen LogP contribution is 2.17. The molecule has 0 aliphatic rings. The zero-order valence-electron chi connectivity index (χ0n) is 43.0. The SMILES string of the molecule is CCCCC/C=C/C/C=C/CCCCCCCCCC(=O)OCC(COCCC(C(=O)O)[N+](C)(C)C)OC(=O)CCCCCCCCCCCCCCCCCCCCCCCCC. The lowest BCUT2D eigenvalue weighted by atomic mass is 10.0. The van der Waals surface area contributed by atoms with Crippen LogP contribution in [0.4, 0.5) is 0 Å². The van der Waals surface area contributed by atoms with Crippen LogP contribution in [-0.4, -0.2) is 80.6 Å². The van der Waals surface area contributed by atoms with Gasteiger partial charge in [0.05, 0.1) is 34.4 Å². The minimum Gasteiger partial charge on any atom is -0.477 e. The fraction of sp³-hybridized carbons (Fsp3) is 0.875. The molecule has 376 valence electrons. The average molecular weight is 905 g/mol. The lowest BCUT2D eigenvalue weighted by Crippen LogP contribution is -2.50. The van der Waals surface area contributed by atoms with Crippen LogP contribution in [0.3, 0.4) is 0 Å². The maximum atomic E-state index is 12.8. The van der Waals surface area contributed by atoms with E-state index in [1.54, 1.807) is 0 Å². The number of ether oxygens (including phenoxy) is 3. The van der Waals surface area contributed by atoms with Gasteiger partial charge in [0.15, 0.2) is 12.1 Å². The van der Waals surface area contributed by atoms with E-state index in [2.05, 4.69) is 38.2 Å². The highest BCUT2D eigenvalue weighted by molar-refractivity contribution is 5.72. The summed E-state index contributed by atoms with van der Waals surface area (Å²) in [5.41, 5.74) is 0. The van der Waals surface area contributed by atoms with Gasteiger partial charge in [0.1, 0.15) is 6.61 Å². The third-order valence-electron chi connectivity index (χ3n) is 12.6. The summed E-state index contributed by atoms with van der Waals surface area (Å²) in [6, 6.07) is -0.614. The minimum atomic E-state index is -0.872. The Morgan fingerprint density at radius 2 is 0.828 bits per heavy atom. The summed E-state index contributed by atoms with van der Waals surface area (Å²) in [5, 5.41) is 9.66. The summed E-state index contributed by atoms with van der Waals surface area (Å²) in [4.78, 5) is 37.2. The first-order valence-corrected chi connectivity index (χ1v) is 27.4. The monoisotopic (exact) mass is 905 g/mol. The van der Waals surface area contributed by atoms with Gasteiger partial charge in [-0.05, 0) is 44.9 Å². The number of esters is 2. The van der Waals surface area contributed by atoms with Crippen molar-refractivity contribution in [2.45, 2.75) is 276 Å². The normalized spacial score (nSPS) is 13.0. The van der Waals surface area contributed by atoms with Gasteiger partial charge >= 0.3 is 17.9 Å². The van der Waals surface area contributed by atoms with Crippen LogP contribution in [0.25, 0.3) is 0 Å². The molecular formula is C56H106NO7+. The maximum absolute atomic E-state index is 12.8. The van der Waals surface area contributed by atoms with Gasteiger partial charge in [-0.3, -0.25) is 9.59 Å². The third kappa shape index (κ3) is 45.0. The van der Waals surface area contributed by atoms with E-state index in [1.165, 1.54) is 180 Å². The van der Waals surface area contributed by atoms with Gasteiger partial charge in [-0.2, -0.15) is 0 Å². The molecule has 0 bridgehead atoms. The lowest BCUT2D eigenvalue weighted by molar-refractivity contribution is -0.887. The van der Waals surface area contributed by atoms with E-state index in [9.17, 15) is 19.5 Å². The second-order valence-corrected chi connectivity index (χ2v) is 19.8. The summed E-state index contributed by atoms with van der Waals surface area (Å²) < 4.78 is 17.4. The van der Waals surface area contributed by atoms with E-state index in [0.29, 0.717) is 19.3 Å². The van der Waals surface area contributed by atoms with Crippen molar-refractivity contribution in [1.29, 1.82) is 0 Å². The number of carboxylic acids is 1. The van der Waals surface area contributed by atoms with Crippen molar-refractivity contribution >= 4 is 17.9 Å². The lowest BCUT2D eigenvalue weighted by Gasteiger charge is -2.31. The van der Waals surface area contributed by atoms with E-state index >= 15 is 0 Å². The van der Waals surface area contributed by atoms with E-state index in [0.717, 1.165) is 51.4 Å². The predicted molar refractivity (Wildman–Crippen MR) is 271 cm³/mol. The van der Waals surface area contributed by atoms with Crippen molar-refractivity contribution < 1.29 is 38.2 Å². The van der Waals surface area contributed by atoms with Crippen molar-refractivity contribution in [2.24, 2.45) is 0 Å². The average Bonchev–Trinajstić information content (AvgIpc) is 3.26. The van der Waals surface area contributed by atoms with E-state index in [1.807, 2.05) is 21.1 Å². The molecule has 0 fully saturated rings. The highest BCUT2D eigenvalue weighted by atomic mass is 16.6. The third-order valence-corrected chi connectivity index (χ3v) is 12.6. The molecule has 0 aromatic rings. The number of hydrogen-bond donors (Lipinski definition) is 1. The number of allylic oxidation sites excluding steroid dienone is 4. The first kappa shape index (κ1) is 61.8. The molecule has 0 saturated heterocycles. The van der Waals surface area contributed by atoms with E-state index < -0.39 is 18.1 Å².